The number of para-hydroxylation sites is 1. The number of nitrogens with one attached hydrogen (secondary N) is 1. The second kappa shape index (κ2) is 7.71. The van der Waals surface area contributed by atoms with E-state index >= 15 is 0 Å². The molecule has 100 valence electrons. The average Bonchev–Trinajstić information content (AvgIpc) is 2.37. The molecular weight excluding hydrogens is 230 g/mol. The van der Waals surface area contributed by atoms with E-state index in [-0.39, 0.29) is 12.0 Å². The van der Waals surface area contributed by atoms with E-state index in [0.29, 0.717) is 24.5 Å². The number of amides is 1. The highest BCUT2D eigenvalue weighted by Gasteiger charge is 2.10. The zero-order valence-electron chi connectivity index (χ0n) is 11.2. The first kappa shape index (κ1) is 14.5. The van der Waals surface area contributed by atoms with Crippen LogP contribution >= 0.6 is 0 Å². The van der Waals surface area contributed by atoms with Crippen molar-refractivity contribution in [1.29, 1.82) is 0 Å². The number of carbonyl (C=O) groups is 1. The van der Waals surface area contributed by atoms with E-state index in [1.54, 1.807) is 19.2 Å². The van der Waals surface area contributed by atoms with Crippen molar-refractivity contribution in [1.82, 2.24) is 5.32 Å². The zero-order valence-corrected chi connectivity index (χ0v) is 11.2. The minimum absolute atomic E-state index is 0.114. The Bertz CT molecular complexity index is 377. The number of benzene rings is 1. The number of rotatable bonds is 7. The lowest BCUT2D eigenvalue weighted by Gasteiger charge is -2.10. The Balaban J connectivity index is 2.36. The normalized spacial score (nSPS) is 10.4. The fourth-order valence-electron chi connectivity index (χ4n) is 1.52. The van der Waals surface area contributed by atoms with Crippen LogP contribution in [0.15, 0.2) is 24.3 Å². The van der Waals surface area contributed by atoms with E-state index < -0.39 is 0 Å². The molecule has 0 saturated carbocycles. The van der Waals surface area contributed by atoms with Crippen LogP contribution in [0.2, 0.25) is 0 Å². The van der Waals surface area contributed by atoms with Crippen molar-refractivity contribution in [2.45, 2.75) is 26.4 Å². The molecule has 1 N–H and O–H groups in total. The second-order valence-corrected chi connectivity index (χ2v) is 4.23. The number of methoxy groups -OCH3 is 1. The highest BCUT2D eigenvalue weighted by atomic mass is 16.5. The van der Waals surface area contributed by atoms with Gasteiger partial charge in [-0.15, -0.1) is 0 Å². The molecule has 0 atom stereocenters. The molecule has 1 aromatic rings. The van der Waals surface area contributed by atoms with Gasteiger partial charge in [-0.05, 0) is 32.4 Å². The zero-order chi connectivity index (χ0) is 13.4. The van der Waals surface area contributed by atoms with E-state index in [0.717, 1.165) is 6.42 Å². The van der Waals surface area contributed by atoms with Gasteiger partial charge in [-0.2, -0.15) is 0 Å². The summed E-state index contributed by atoms with van der Waals surface area (Å²) in [6.07, 6.45) is 1.04. The smallest absolute Gasteiger partial charge is 0.255 e. The maximum atomic E-state index is 11.9. The van der Waals surface area contributed by atoms with Crippen LogP contribution in [0.4, 0.5) is 0 Å². The van der Waals surface area contributed by atoms with Crippen LogP contribution in [0.25, 0.3) is 0 Å². The lowest BCUT2D eigenvalue weighted by Crippen LogP contribution is -2.26. The van der Waals surface area contributed by atoms with Crippen LogP contribution in [0.3, 0.4) is 0 Å². The Labute approximate surface area is 108 Å². The number of carbonyl (C=O) groups excluding carboxylic acids is 1. The Morgan fingerprint density at radius 3 is 2.72 bits per heavy atom. The Morgan fingerprint density at radius 2 is 2.06 bits per heavy atom. The van der Waals surface area contributed by atoms with Crippen molar-refractivity contribution < 1.29 is 14.3 Å². The lowest BCUT2D eigenvalue weighted by atomic mass is 10.2. The standard InChI is InChI=1S/C14H21NO3/c1-11(2)18-10-6-9-15-14(16)12-7-4-5-8-13(12)17-3/h4-5,7-8,11H,6,9-10H2,1-3H3,(H,15,16). The summed E-state index contributed by atoms with van der Waals surface area (Å²) >= 11 is 0. The average molecular weight is 251 g/mol. The molecule has 0 fully saturated rings. The monoisotopic (exact) mass is 251 g/mol. The van der Waals surface area contributed by atoms with Gasteiger partial charge in [0.25, 0.3) is 5.91 Å². The van der Waals surface area contributed by atoms with E-state index in [9.17, 15) is 4.79 Å². The molecule has 18 heavy (non-hydrogen) atoms. The van der Waals surface area contributed by atoms with E-state index in [2.05, 4.69) is 5.32 Å². The van der Waals surface area contributed by atoms with E-state index in [4.69, 9.17) is 9.47 Å². The van der Waals surface area contributed by atoms with Crippen molar-refractivity contribution in [2.24, 2.45) is 0 Å². The second-order valence-electron chi connectivity index (χ2n) is 4.23. The molecule has 1 aromatic carbocycles. The van der Waals surface area contributed by atoms with Crippen molar-refractivity contribution in [3.05, 3.63) is 29.8 Å². The Kier molecular flexibility index (Phi) is 6.22. The first-order valence-electron chi connectivity index (χ1n) is 6.18. The number of hydrogen-bond acceptors (Lipinski definition) is 3. The third-order valence-electron chi connectivity index (χ3n) is 2.41. The van der Waals surface area contributed by atoms with Gasteiger partial charge in [-0.1, -0.05) is 12.1 Å². The fraction of sp³-hybridized carbons (Fsp3) is 0.500. The highest BCUT2D eigenvalue weighted by molar-refractivity contribution is 5.96. The van der Waals surface area contributed by atoms with Gasteiger partial charge in [0.2, 0.25) is 0 Å². The molecule has 0 unspecified atom stereocenters. The maximum Gasteiger partial charge on any atom is 0.255 e. The van der Waals surface area contributed by atoms with Gasteiger partial charge in [0.1, 0.15) is 5.75 Å². The van der Waals surface area contributed by atoms with Gasteiger partial charge in [-0.25, -0.2) is 0 Å². The summed E-state index contributed by atoms with van der Waals surface area (Å²) in [5.74, 6) is 0.477. The molecule has 0 spiro atoms. The highest BCUT2D eigenvalue weighted by Crippen LogP contribution is 2.16. The molecule has 0 radical (unpaired) electrons. The number of ether oxygens (including phenoxy) is 2. The van der Waals surface area contributed by atoms with Gasteiger partial charge in [0, 0.05) is 13.2 Å². The molecule has 0 aliphatic carbocycles. The predicted molar refractivity (Wildman–Crippen MR) is 71.0 cm³/mol. The van der Waals surface area contributed by atoms with Gasteiger partial charge in [0.05, 0.1) is 18.8 Å². The van der Waals surface area contributed by atoms with E-state index in [1.165, 1.54) is 0 Å². The van der Waals surface area contributed by atoms with Crippen molar-refractivity contribution >= 4 is 5.91 Å². The van der Waals surface area contributed by atoms with Crippen molar-refractivity contribution in [2.75, 3.05) is 20.3 Å². The van der Waals surface area contributed by atoms with Crippen LogP contribution in [0, 0.1) is 0 Å². The van der Waals surface area contributed by atoms with Crippen LogP contribution in [0.1, 0.15) is 30.6 Å². The topological polar surface area (TPSA) is 47.6 Å². The largest absolute Gasteiger partial charge is 0.496 e. The first-order chi connectivity index (χ1) is 8.65. The van der Waals surface area contributed by atoms with Crippen LogP contribution in [-0.2, 0) is 4.74 Å². The molecule has 1 rings (SSSR count). The molecule has 0 aliphatic rings. The van der Waals surface area contributed by atoms with Crippen LogP contribution in [-0.4, -0.2) is 32.3 Å². The molecule has 1 amide bonds. The lowest BCUT2D eigenvalue weighted by molar-refractivity contribution is 0.0757. The molecule has 0 aromatic heterocycles. The molecular formula is C14H21NO3. The summed E-state index contributed by atoms with van der Waals surface area (Å²) in [5.41, 5.74) is 0.560. The predicted octanol–water partition coefficient (Wildman–Crippen LogP) is 2.24. The van der Waals surface area contributed by atoms with Crippen molar-refractivity contribution in [3.63, 3.8) is 0 Å². The molecule has 0 heterocycles. The maximum absolute atomic E-state index is 11.9. The summed E-state index contributed by atoms with van der Waals surface area (Å²) in [5, 5.41) is 2.85. The van der Waals surface area contributed by atoms with Crippen LogP contribution < -0.4 is 10.1 Å². The van der Waals surface area contributed by atoms with Gasteiger partial charge < -0.3 is 14.8 Å². The quantitative estimate of drug-likeness (QED) is 0.756. The third-order valence-corrected chi connectivity index (χ3v) is 2.41. The minimum Gasteiger partial charge on any atom is -0.496 e. The molecule has 0 bridgehead atoms. The van der Waals surface area contributed by atoms with Gasteiger partial charge in [-0.3, -0.25) is 4.79 Å². The Hall–Kier alpha value is -1.55. The minimum atomic E-state index is -0.114. The Morgan fingerprint density at radius 1 is 1.33 bits per heavy atom. The number of hydrogen-bond donors (Lipinski definition) is 1. The molecule has 4 nitrogen and oxygen atoms in total. The van der Waals surface area contributed by atoms with E-state index in [1.807, 2.05) is 26.0 Å². The van der Waals surface area contributed by atoms with Gasteiger partial charge >= 0.3 is 0 Å². The summed E-state index contributed by atoms with van der Waals surface area (Å²) in [6, 6.07) is 7.18. The van der Waals surface area contributed by atoms with Gasteiger partial charge in [0.15, 0.2) is 0 Å². The fourth-order valence-corrected chi connectivity index (χ4v) is 1.52. The summed E-state index contributed by atoms with van der Waals surface area (Å²) in [7, 11) is 1.56. The van der Waals surface area contributed by atoms with Crippen LogP contribution in [0.5, 0.6) is 5.75 Å². The molecule has 4 heteroatoms. The summed E-state index contributed by atoms with van der Waals surface area (Å²) in [4.78, 5) is 11.9. The summed E-state index contributed by atoms with van der Waals surface area (Å²) < 4.78 is 10.5. The first-order valence-corrected chi connectivity index (χ1v) is 6.18. The SMILES string of the molecule is COc1ccccc1C(=O)NCCCOC(C)C. The molecule has 0 aliphatic heterocycles. The third kappa shape index (κ3) is 4.75. The molecule has 0 saturated heterocycles. The van der Waals surface area contributed by atoms with Crippen molar-refractivity contribution in [3.8, 4) is 5.75 Å². The summed E-state index contributed by atoms with van der Waals surface area (Å²) in [6.45, 7) is 5.24.